The van der Waals surface area contributed by atoms with E-state index in [0.29, 0.717) is 11.1 Å². The molecular weight excluding hydrogens is 637 g/mol. The van der Waals surface area contributed by atoms with Crippen LogP contribution in [0, 0.1) is 22.7 Å². The Kier molecular flexibility index (Phi) is 7.54. The van der Waals surface area contributed by atoms with Gasteiger partial charge < -0.3 is 14.8 Å². The highest BCUT2D eigenvalue weighted by Gasteiger charge is 2.26. The number of nitrogens with one attached hydrogen (secondary N) is 1. The number of nitrogens with zero attached hydrogens (tertiary/aromatic N) is 5. The van der Waals surface area contributed by atoms with Gasteiger partial charge in [-0.2, -0.15) is 10.5 Å². The Hall–Kier alpha value is -7.41. The zero-order valence-electron chi connectivity index (χ0n) is 28.0. The molecule has 1 atom stereocenters. The van der Waals surface area contributed by atoms with Crippen LogP contribution in [0.5, 0.6) is 0 Å². The summed E-state index contributed by atoms with van der Waals surface area (Å²) >= 11 is 0. The van der Waals surface area contributed by atoms with Crippen molar-refractivity contribution in [3.8, 4) is 17.8 Å². The summed E-state index contributed by atoms with van der Waals surface area (Å²) in [5.74, 6) is 0. The summed E-state index contributed by atoms with van der Waals surface area (Å²) in [6.45, 7) is 0. The van der Waals surface area contributed by atoms with Crippen molar-refractivity contribution in [1.29, 1.82) is 10.5 Å². The molecule has 0 saturated heterocycles. The SMILES string of the molecule is N#Cc1cc(C2=NC(c3ccccc3)Nc3c(C#N)cccc32)ccc1N(c1ccccc1)c1ccc(-n2c3ccccc3c3ccccc32)cc1. The predicted octanol–water partition coefficient (Wildman–Crippen LogP) is 11.0. The highest BCUT2D eigenvalue weighted by atomic mass is 15.1. The molecule has 9 rings (SSSR count). The summed E-state index contributed by atoms with van der Waals surface area (Å²) in [6, 6.07) is 62.0. The van der Waals surface area contributed by atoms with Gasteiger partial charge in [0.25, 0.3) is 0 Å². The molecule has 1 unspecified atom stereocenters. The molecule has 1 aromatic heterocycles. The van der Waals surface area contributed by atoms with Crippen LogP contribution in [0.15, 0.2) is 175 Å². The fourth-order valence-electron chi connectivity index (χ4n) is 7.31. The first-order chi connectivity index (χ1) is 25.7. The van der Waals surface area contributed by atoms with Gasteiger partial charge in [-0.3, -0.25) is 4.99 Å². The average Bonchev–Trinajstić information content (AvgIpc) is 3.56. The van der Waals surface area contributed by atoms with Gasteiger partial charge in [-0.1, -0.05) is 103 Å². The van der Waals surface area contributed by atoms with Crippen LogP contribution in [0.1, 0.15) is 34.0 Å². The third kappa shape index (κ3) is 5.15. The molecule has 7 aromatic carbocycles. The molecule has 1 aliphatic rings. The van der Waals surface area contributed by atoms with E-state index in [-0.39, 0.29) is 0 Å². The highest BCUT2D eigenvalue weighted by Crippen LogP contribution is 2.40. The van der Waals surface area contributed by atoms with Gasteiger partial charge in [0, 0.05) is 39.0 Å². The van der Waals surface area contributed by atoms with Crippen molar-refractivity contribution in [2.75, 3.05) is 10.2 Å². The van der Waals surface area contributed by atoms with E-state index in [0.717, 1.165) is 61.9 Å². The van der Waals surface area contributed by atoms with Gasteiger partial charge in [0.2, 0.25) is 0 Å². The molecule has 8 aromatic rings. The van der Waals surface area contributed by atoms with Crippen molar-refractivity contribution < 1.29 is 0 Å². The minimum Gasteiger partial charge on any atom is -0.358 e. The van der Waals surface area contributed by atoms with E-state index >= 15 is 0 Å². The van der Waals surface area contributed by atoms with Crippen molar-refractivity contribution in [2.24, 2.45) is 4.99 Å². The topological polar surface area (TPSA) is 80.1 Å². The largest absolute Gasteiger partial charge is 0.358 e. The monoisotopic (exact) mass is 666 g/mol. The van der Waals surface area contributed by atoms with E-state index < -0.39 is 6.17 Å². The van der Waals surface area contributed by atoms with E-state index in [2.05, 4.69) is 112 Å². The molecule has 2 heterocycles. The van der Waals surface area contributed by atoms with Gasteiger partial charge in [-0.15, -0.1) is 0 Å². The smallest absolute Gasteiger partial charge is 0.145 e. The first-order valence-corrected chi connectivity index (χ1v) is 17.1. The summed E-state index contributed by atoms with van der Waals surface area (Å²) < 4.78 is 2.30. The van der Waals surface area contributed by atoms with Crippen molar-refractivity contribution in [3.05, 3.63) is 198 Å². The van der Waals surface area contributed by atoms with Crippen LogP contribution in [0.3, 0.4) is 0 Å². The van der Waals surface area contributed by atoms with E-state index in [1.807, 2.05) is 84.9 Å². The first-order valence-electron chi connectivity index (χ1n) is 17.1. The lowest BCUT2D eigenvalue weighted by Crippen LogP contribution is -2.22. The van der Waals surface area contributed by atoms with E-state index in [4.69, 9.17) is 4.99 Å². The molecule has 244 valence electrons. The second-order valence-corrected chi connectivity index (χ2v) is 12.7. The fraction of sp³-hybridized carbons (Fsp3) is 0.0217. The van der Waals surface area contributed by atoms with Crippen LogP contribution in [0.2, 0.25) is 0 Å². The Morgan fingerprint density at radius 2 is 1.19 bits per heavy atom. The standard InChI is InChI=1S/C46H30N6/c47-29-33-14-11-19-40-44(49-46(50-45(33)40)31-12-3-1-4-13-31)32-22-27-41(34(28-32)30-48)51(35-15-5-2-6-16-35)36-23-25-37(26-24-36)52-42-20-9-7-17-38(42)39-18-8-10-21-43(39)52/h1-28,46,50H. The van der Waals surface area contributed by atoms with Crippen molar-refractivity contribution >= 4 is 50.3 Å². The number of nitriles is 2. The number of aliphatic imine (C=N–C) groups is 1. The Morgan fingerprint density at radius 1 is 0.577 bits per heavy atom. The zero-order valence-corrected chi connectivity index (χ0v) is 28.0. The number of aromatic nitrogens is 1. The number of hydrogen-bond donors (Lipinski definition) is 1. The molecular formula is C46H30N6. The highest BCUT2D eigenvalue weighted by molar-refractivity contribution is 6.18. The third-order valence-electron chi connectivity index (χ3n) is 9.69. The summed E-state index contributed by atoms with van der Waals surface area (Å²) in [6.07, 6.45) is -0.391. The molecule has 1 N–H and O–H groups in total. The second kappa shape index (κ2) is 12.8. The van der Waals surface area contributed by atoms with Crippen molar-refractivity contribution in [2.45, 2.75) is 6.17 Å². The van der Waals surface area contributed by atoms with Crippen LogP contribution < -0.4 is 10.2 Å². The van der Waals surface area contributed by atoms with Crippen LogP contribution in [0.25, 0.3) is 27.5 Å². The molecule has 52 heavy (non-hydrogen) atoms. The number of rotatable bonds is 6. The van der Waals surface area contributed by atoms with E-state index in [1.54, 1.807) is 0 Å². The molecule has 6 heteroatoms. The van der Waals surface area contributed by atoms with Crippen LogP contribution in [0.4, 0.5) is 22.7 Å². The predicted molar refractivity (Wildman–Crippen MR) is 210 cm³/mol. The molecule has 0 fully saturated rings. The average molecular weight is 667 g/mol. The van der Waals surface area contributed by atoms with E-state index in [1.165, 1.54) is 10.8 Å². The third-order valence-corrected chi connectivity index (χ3v) is 9.69. The molecule has 6 nitrogen and oxygen atoms in total. The van der Waals surface area contributed by atoms with Gasteiger partial charge in [0.1, 0.15) is 18.3 Å². The molecule has 1 aliphatic heterocycles. The van der Waals surface area contributed by atoms with Gasteiger partial charge in [0.05, 0.1) is 39.2 Å². The van der Waals surface area contributed by atoms with Gasteiger partial charge in [-0.05, 0) is 72.3 Å². The molecule has 0 aliphatic carbocycles. The lowest BCUT2D eigenvalue weighted by molar-refractivity contribution is 0.827. The first kappa shape index (κ1) is 30.6. The quantitative estimate of drug-likeness (QED) is 0.191. The minimum atomic E-state index is -0.391. The molecule has 0 saturated carbocycles. The van der Waals surface area contributed by atoms with E-state index in [9.17, 15) is 10.5 Å². The number of anilines is 4. The Balaban J connectivity index is 1.16. The number of benzene rings is 7. The normalized spacial score (nSPS) is 13.4. The van der Waals surface area contributed by atoms with Crippen LogP contribution in [-0.4, -0.2) is 10.3 Å². The summed E-state index contributed by atoms with van der Waals surface area (Å²) in [7, 11) is 0. The number of hydrogen-bond acceptors (Lipinski definition) is 5. The lowest BCUT2D eigenvalue weighted by atomic mass is 9.93. The molecule has 0 bridgehead atoms. The second-order valence-electron chi connectivity index (χ2n) is 12.7. The maximum absolute atomic E-state index is 10.7. The zero-order chi connectivity index (χ0) is 35.0. The van der Waals surface area contributed by atoms with Crippen LogP contribution in [-0.2, 0) is 0 Å². The summed E-state index contributed by atoms with van der Waals surface area (Å²) in [5.41, 5.74) is 11.1. The number of para-hydroxylation sites is 4. The van der Waals surface area contributed by atoms with Gasteiger partial charge in [0.15, 0.2) is 0 Å². The van der Waals surface area contributed by atoms with Crippen molar-refractivity contribution in [1.82, 2.24) is 4.57 Å². The molecule has 0 radical (unpaired) electrons. The Bertz CT molecular complexity index is 2680. The maximum Gasteiger partial charge on any atom is 0.145 e. The number of fused-ring (bicyclic) bond motifs is 4. The maximum atomic E-state index is 10.7. The van der Waals surface area contributed by atoms with Crippen LogP contribution >= 0.6 is 0 Å². The molecule has 0 spiro atoms. The Labute approximate surface area is 301 Å². The lowest BCUT2D eigenvalue weighted by Gasteiger charge is -2.28. The summed E-state index contributed by atoms with van der Waals surface area (Å²) in [4.78, 5) is 7.28. The van der Waals surface area contributed by atoms with Gasteiger partial charge in [-0.25, -0.2) is 0 Å². The van der Waals surface area contributed by atoms with Crippen molar-refractivity contribution in [3.63, 3.8) is 0 Å². The Morgan fingerprint density at radius 3 is 1.87 bits per heavy atom. The van der Waals surface area contributed by atoms with Gasteiger partial charge >= 0.3 is 0 Å². The summed E-state index contributed by atoms with van der Waals surface area (Å²) in [5, 5.41) is 26.6. The molecule has 0 amide bonds. The fourth-order valence-corrected chi connectivity index (χ4v) is 7.31. The minimum absolute atomic E-state index is 0.391.